The van der Waals surface area contributed by atoms with E-state index in [4.69, 9.17) is 0 Å². The lowest BCUT2D eigenvalue weighted by molar-refractivity contribution is -0.142. The van der Waals surface area contributed by atoms with E-state index in [2.05, 4.69) is 17.8 Å². The molecule has 1 N–H and O–H groups in total. The van der Waals surface area contributed by atoms with Crippen LogP contribution in [0.2, 0.25) is 0 Å². The van der Waals surface area contributed by atoms with Gasteiger partial charge in [0.15, 0.2) is 5.69 Å². The molecule has 2 rings (SSSR count). The van der Waals surface area contributed by atoms with Crippen molar-refractivity contribution in [2.45, 2.75) is 19.3 Å². The molecule has 0 atom stereocenters. The van der Waals surface area contributed by atoms with Crippen molar-refractivity contribution in [3.63, 3.8) is 0 Å². The summed E-state index contributed by atoms with van der Waals surface area (Å²) in [7, 11) is 0. The number of alkyl halides is 6. The Morgan fingerprint density at radius 3 is 2.20 bits per heavy atom. The lowest BCUT2D eigenvalue weighted by Gasteiger charge is -2.17. The Morgan fingerprint density at radius 2 is 1.72 bits per heavy atom. The minimum Gasteiger partial charge on any atom is -0.330 e. The van der Waals surface area contributed by atoms with Crippen molar-refractivity contribution in [2.75, 3.05) is 4.72 Å². The fraction of sp³-hybridized carbons (Fsp3) is 0.231. The van der Waals surface area contributed by atoms with Crippen LogP contribution in [0.25, 0.3) is 5.69 Å². The minimum atomic E-state index is -4.91. The smallest absolute Gasteiger partial charge is 0.330 e. The van der Waals surface area contributed by atoms with Crippen LogP contribution in [0.4, 0.5) is 36.4 Å². The highest BCUT2D eigenvalue weighted by molar-refractivity contribution is 7.81. The number of thiol groups is 1. The lowest BCUT2D eigenvalue weighted by atomic mass is 10.1. The van der Waals surface area contributed by atoms with E-state index < -0.39 is 51.9 Å². The fourth-order valence-electron chi connectivity index (χ4n) is 2.08. The predicted octanol–water partition coefficient (Wildman–Crippen LogP) is 3.97. The van der Waals surface area contributed by atoms with Crippen molar-refractivity contribution in [3.05, 3.63) is 51.5 Å². The minimum absolute atomic E-state index is 0.114. The van der Waals surface area contributed by atoms with Gasteiger partial charge in [-0.1, -0.05) is 12.8 Å². The average Bonchev–Trinajstić information content (AvgIpc) is 2.47. The molecular weight excluding hydrogens is 379 g/mol. The Balaban J connectivity index is 2.76. The van der Waals surface area contributed by atoms with Gasteiger partial charge in [-0.2, -0.15) is 26.3 Å². The van der Waals surface area contributed by atoms with E-state index in [1.807, 2.05) is 4.72 Å². The number of nitrogens with one attached hydrogen (secondary N) is 1. The van der Waals surface area contributed by atoms with E-state index in [0.717, 1.165) is 6.92 Å². The molecule has 12 heteroatoms. The molecule has 0 radical (unpaired) electrons. The Hall–Kier alpha value is -2.24. The molecule has 25 heavy (non-hydrogen) atoms. The van der Waals surface area contributed by atoms with Crippen molar-refractivity contribution < 1.29 is 30.7 Å². The van der Waals surface area contributed by atoms with Crippen LogP contribution in [-0.2, 0) is 12.4 Å². The van der Waals surface area contributed by atoms with Gasteiger partial charge in [0, 0.05) is 5.56 Å². The van der Waals surface area contributed by atoms with Crippen molar-refractivity contribution >= 4 is 18.5 Å². The highest BCUT2D eigenvalue weighted by Crippen LogP contribution is 2.35. The van der Waals surface area contributed by atoms with Gasteiger partial charge in [-0.05, 0) is 19.1 Å². The molecule has 1 aromatic heterocycles. The average molecular weight is 387 g/mol. The van der Waals surface area contributed by atoms with Crippen LogP contribution >= 0.6 is 12.8 Å². The molecule has 4 nitrogen and oxygen atoms in total. The van der Waals surface area contributed by atoms with Gasteiger partial charge >= 0.3 is 12.4 Å². The van der Waals surface area contributed by atoms with Crippen LogP contribution in [-0.4, -0.2) is 9.55 Å². The van der Waals surface area contributed by atoms with Crippen molar-refractivity contribution in [1.29, 1.82) is 0 Å². The molecule has 1 heterocycles. The summed E-state index contributed by atoms with van der Waals surface area (Å²) in [5, 5.41) is 0. The van der Waals surface area contributed by atoms with E-state index >= 15 is 0 Å². The molecule has 0 saturated carbocycles. The largest absolute Gasteiger partial charge is 0.433 e. The summed E-state index contributed by atoms with van der Waals surface area (Å²) in [6.07, 6.45) is -9.40. The zero-order valence-corrected chi connectivity index (χ0v) is 13.0. The molecule has 0 fully saturated rings. The first kappa shape index (κ1) is 19.1. The van der Waals surface area contributed by atoms with Gasteiger partial charge in [-0.25, -0.2) is 9.37 Å². The Kier molecular flexibility index (Phi) is 4.77. The number of hydrogen-bond acceptors (Lipinski definition) is 4. The third-order valence-corrected chi connectivity index (χ3v) is 3.46. The first-order chi connectivity index (χ1) is 11.4. The molecule has 0 aliphatic heterocycles. The maximum atomic E-state index is 14.2. The van der Waals surface area contributed by atoms with Crippen molar-refractivity contribution in [3.8, 4) is 5.69 Å². The topological polar surface area (TPSA) is 46.9 Å². The number of benzene rings is 1. The molecule has 0 aliphatic carbocycles. The molecule has 0 unspecified atom stereocenters. The summed E-state index contributed by atoms with van der Waals surface area (Å²) in [6, 6.07) is 0.578. The predicted molar refractivity (Wildman–Crippen MR) is 77.1 cm³/mol. The maximum absolute atomic E-state index is 14.2. The lowest BCUT2D eigenvalue weighted by Crippen LogP contribution is -2.27. The van der Waals surface area contributed by atoms with E-state index in [9.17, 15) is 35.5 Å². The standard InChI is InChI=1S/C13H8F7N3OS/c1-5-10(13(18,19)20)21-4-23(11(5)24)9-7(14)2-6(12(15,16)17)3-8(9)22-25/h2-4,22,25H,1H3. The number of rotatable bonds is 2. The number of nitrogens with zero attached hydrogens (tertiary/aromatic N) is 2. The molecule has 0 saturated heterocycles. The van der Waals surface area contributed by atoms with E-state index in [1.165, 1.54) is 0 Å². The van der Waals surface area contributed by atoms with Gasteiger partial charge in [0.1, 0.15) is 17.8 Å². The van der Waals surface area contributed by atoms with E-state index in [1.54, 1.807) is 0 Å². The van der Waals surface area contributed by atoms with Crippen LogP contribution in [0.5, 0.6) is 0 Å². The Labute approximate surface area is 140 Å². The van der Waals surface area contributed by atoms with Crippen molar-refractivity contribution in [1.82, 2.24) is 9.55 Å². The number of aromatic nitrogens is 2. The molecule has 0 amide bonds. The summed E-state index contributed by atoms with van der Waals surface area (Å²) in [6.45, 7) is 0.824. The molecule has 0 aliphatic rings. The van der Waals surface area contributed by atoms with Gasteiger partial charge in [0.25, 0.3) is 5.56 Å². The van der Waals surface area contributed by atoms with E-state index in [-0.39, 0.29) is 6.07 Å². The Bertz CT molecular complexity index is 874. The molecular formula is C13H8F7N3OS. The second-order valence-corrected chi connectivity index (χ2v) is 5.08. The van der Waals surface area contributed by atoms with Crippen LogP contribution in [0.15, 0.2) is 23.3 Å². The van der Waals surface area contributed by atoms with Gasteiger partial charge in [0.2, 0.25) is 0 Å². The summed E-state index contributed by atoms with van der Waals surface area (Å²) >= 11 is 3.55. The third kappa shape index (κ3) is 3.57. The first-order valence-corrected chi connectivity index (χ1v) is 6.79. The quantitative estimate of drug-likeness (QED) is 0.606. The third-order valence-electron chi connectivity index (χ3n) is 3.22. The summed E-state index contributed by atoms with van der Waals surface area (Å²) in [5.41, 5.74) is -6.27. The highest BCUT2D eigenvalue weighted by atomic mass is 32.1. The molecule has 1 aromatic carbocycles. The van der Waals surface area contributed by atoms with Gasteiger partial charge < -0.3 is 4.72 Å². The summed E-state index contributed by atoms with van der Waals surface area (Å²) in [5.74, 6) is -1.49. The molecule has 136 valence electrons. The second-order valence-electron chi connectivity index (χ2n) is 4.85. The van der Waals surface area contributed by atoms with Gasteiger partial charge in [-0.3, -0.25) is 9.36 Å². The zero-order valence-electron chi connectivity index (χ0n) is 12.1. The van der Waals surface area contributed by atoms with Crippen molar-refractivity contribution in [2.24, 2.45) is 0 Å². The summed E-state index contributed by atoms with van der Waals surface area (Å²) < 4.78 is 92.9. The monoisotopic (exact) mass is 387 g/mol. The van der Waals surface area contributed by atoms with Crippen LogP contribution in [0.1, 0.15) is 16.8 Å². The first-order valence-electron chi connectivity index (χ1n) is 6.34. The molecule has 0 bridgehead atoms. The van der Waals surface area contributed by atoms with Crippen LogP contribution < -0.4 is 10.3 Å². The number of hydrogen-bond donors (Lipinski definition) is 2. The van der Waals surface area contributed by atoms with Gasteiger partial charge in [0.05, 0.1) is 11.3 Å². The molecule has 2 aromatic rings. The summed E-state index contributed by atoms with van der Waals surface area (Å²) in [4.78, 5) is 15.2. The normalized spacial score (nSPS) is 12.4. The Morgan fingerprint density at radius 1 is 1.12 bits per heavy atom. The fourth-order valence-corrected chi connectivity index (χ4v) is 2.26. The number of halogens is 7. The van der Waals surface area contributed by atoms with Gasteiger partial charge in [-0.15, -0.1) is 0 Å². The molecule has 0 spiro atoms. The SMILES string of the molecule is Cc1c(C(F)(F)F)ncn(-c2c(F)cc(C(F)(F)F)cc2NS)c1=O. The van der Waals surface area contributed by atoms with Crippen LogP contribution in [0, 0.1) is 12.7 Å². The zero-order chi connectivity index (χ0) is 19.2. The second kappa shape index (κ2) is 6.24. The highest BCUT2D eigenvalue weighted by Gasteiger charge is 2.36. The maximum Gasteiger partial charge on any atom is 0.433 e. The van der Waals surface area contributed by atoms with Crippen LogP contribution in [0.3, 0.4) is 0 Å². The van der Waals surface area contributed by atoms with E-state index in [0.29, 0.717) is 17.0 Å². The number of anilines is 1.